The lowest BCUT2D eigenvalue weighted by Gasteiger charge is -2.24. The summed E-state index contributed by atoms with van der Waals surface area (Å²) in [6.07, 6.45) is 3.13. The molecule has 0 saturated carbocycles. The van der Waals surface area contributed by atoms with Gasteiger partial charge in [0.05, 0.1) is 26.7 Å². The molecule has 0 bridgehead atoms. The number of hydrogen-bond donors (Lipinski definition) is 3. The molecule has 3 aromatic carbocycles. The molecular weight excluding hydrogens is 532 g/mol. The highest BCUT2D eigenvalue weighted by molar-refractivity contribution is 5.94. The quantitative estimate of drug-likeness (QED) is 0.188. The lowest BCUT2D eigenvalue weighted by molar-refractivity contribution is -0.138. The van der Waals surface area contributed by atoms with E-state index in [2.05, 4.69) is 34.9 Å². The van der Waals surface area contributed by atoms with Gasteiger partial charge in [0.1, 0.15) is 0 Å². The summed E-state index contributed by atoms with van der Waals surface area (Å²) in [4.78, 5) is 38.1. The fourth-order valence-corrected chi connectivity index (χ4v) is 4.97. The number of nitrogens with one attached hydrogen (secondary N) is 2. The molecule has 0 spiro atoms. The van der Waals surface area contributed by atoms with Gasteiger partial charge in [-0.2, -0.15) is 0 Å². The maximum absolute atomic E-state index is 13.4. The van der Waals surface area contributed by atoms with Crippen LogP contribution in [0.15, 0.2) is 72.8 Å². The molecule has 0 aliphatic rings. The molecule has 3 rings (SSSR count). The Morgan fingerprint density at radius 2 is 1.45 bits per heavy atom. The van der Waals surface area contributed by atoms with Gasteiger partial charge >= 0.3 is 5.97 Å². The van der Waals surface area contributed by atoms with Crippen LogP contribution < -0.4 is 20.1 Å². The van der Waals surface area contributed by atoms with Crippen LogP contribution in [0.2, 0.25) is 0 Å². The van der Waals surface area contributed by atoms with E-state index in [9.17, 15) is 19.5 Å². The SMILES string of the molecule is COc1ccc([C@H](CC(=O)O)NC(=O)C(CC(=O)Nc2ccc(CCCc3ccccc3)cc2)CC(C)C)cc1OC. The van der Waals surface area contributed by atoms with Gasteiger partial charge in [-0.05, 0) is 72.6 Å². The lowest BCUT2D eigenvalue weighted by atomic mass is 9.92. The van der Waals surface area contributed by atoms with Crippen molar-refractivity contribution in [2.75, 3.05) is 19.5 Å². The number of ether oxygens (including phenoxy) is 2. The Hall–Kier alpha value is -4.33. The van der Waals surface area contributed by atoms with Crippen LogP contribution in [-0.4, -0.2) is 37.1 Å². The minimum atomic E-state index is -1.06. The van der Waals surface area contributed by atoms with Crippen molar-refractivity contribution in [1.29, 1.82) is 0 Å². The molecule has 42 heavy (non-hydrogen) atoms. The van der Waals surface area contributed by atoms with E-state index in [4.69, 9.17) is 9.47 Å². The van der Waals surface area contributed by atoms with E-state index in [1.807, 2.05) is 44.2 Å². The van der Waals surface area contributed by atoms with Crippen LogP contribution in [0.3, 0.4) is 0 Å². The molecule has 8 heteroatoms. The number of hydrogen-bond acceptors (Lipinski definition) is 5. The van der Waals surface area contributed by atoms with E-state index in [0.717, 1.165) is 19.3 Å². The number of amides is 2. The summed E-state index contributed by atoms with van der Waals surface area (Å²) in [7, 11) is 3.00. The summed E-state index contributed by atoms with van der Waals surface area (Å²) >= 11 is 0. The number of carbonyl (C=O) groups excluding carboxylic acids is 2. The highest BCUT2D eigenvalue weighted by Gasteiger charge is 2.27. The highest BCUT2D eigenvalue weighted by Crippen LogP contribution is 2.31. The second kappa shape index (κ2) is 16.2. The standard InChI is InChI=1S/C34H42N2O6/c1-23(2)19-27(34(40)36-29(22-33(38)39)26-15-18-30(41-3)31(20-26)42-4)21-32(37)35-28-16-13-25(14-17-28)12-8-11-24-9-6-5-7-10-24/h5-7,9-10,13-18,20,23,27,29H,8,11-12,19,21-22H2,1-4H3,(H,35,37)(H,36,40)(H,38,39)/t27?,29-/m0/s1. The minimum Gasteiger partial charge on any atom is -0.493 e. The highest BCUT2D eigenvalue weighted by atomic mass is 16.5. The van der Waals surface area contributed by atoms with Crippen LogP contribution in [0.4, 0.5) is 5.69 Å². The van der Waals surface area contributed by atoms with Gasteiger partial charge in [0.2, 0.25) is 11.8 Å². The van der Waals surface area contributed by atoms with Gasteiger partial charge in [0.25, 0.3) is 0 Å². The molecule has 0 aliphatic carbocycles. The number of rotatable bonds is 16. The molecular formula is C34H42N2O6. The minimum absolute atomic E-state index is 0.0193. The molecule has 0 aromatic heterocycles. The number of benzene rings is 3. The summed E-state index contributed by atoms with van der Waals surface area (Å²) in [6, 6.07) is 22.4. The van der Waals surface area contributed by atoms with Crippen LogP contribution in [0.1, 0.15) is 62.3 Å². The van der Waals surface area contributed by atoms with Crippen molar-refractivity contribution in [2.45, 2.75) is 58.4 Å². The van der Waals surface area contributed by atoms with Crippen LogP contribution in [0, 0.1) is 11.8 Å². The zero-order valence-corrected chi connectivity index (χ0v) is 24.9. The number of anilines is 1. The molecule has 0 radical (unpaired) electrons. The van der Waals surface area contributed by atoms with Crippen molar-refractivity contribution < 1.29 is 29.0 Å². The van der Waals surface area contributed by atoms with Crippen molar-refractivity contribution in [1.82, 2.24) is 5.32 Å². The van der Waals surface area contributed by atoms with Crippen LogP contribution in [-0.2, 0) is 27.2 Å². The van der Waals surface area contributed by atoms with E-state index in [1.165, 1.54) is 25.3 Å². The van der Waals surface area contributed by atoms with E-state index in [0.29, 0.717) is 29.2 Å². The first-order valence-electron chi connectivity index (χ1n) is 14.3. The van der Waals surface area contributed by atoms with Gasteiger partial charge in [-0.25, -0.2) is 0 Å². The topological polar surface area (TPSA) is 114 Å². The summed E-state index contributed by atoms with van der Waals surface area (Å²) in [5, 5.41) is 15.3. The average Bonchev–Trinajstić information content (AvgIpc) is 2.97. The third kappa shape index (κ3) is 10.3. The van der Waals surface area contributed by atoms with E-state index in [-0.39, 0.29) is 30.6 Å². The van der Waals surface area contributed by atoms with Crippen LogP contribution >= 0.6 is 0 Å². The Labute approximate surface area is 248 Å². The molecule has 224 valence electrons. The van der Waals surface area contributed by atoms with E-state index < -0.39 is 17.9 Å². The maximum atomic E-state index is 13.4. The zero-order valence-electron chi connectivity index (χ0n) is 24.9. The number of aryl methyl sites for hydroxylation is 2. The van der Waals surface area contributed by atoms with Gasteiger partial charge in [-0.1, -0.05) is 62.4 Å². The monoisotopic (exact) mass is 574 g/mol. The van der Waals surface area contributed by atoms with E-state index >= 15 is 0 Å². The van der Waals surface area contributed by atoms with E-state index in [1.54, 1.807) is 18.2 Å². The van der Waals surface area contributed by atoms with Crippen molar-refractivity contribution in [3.8, 4) is 11.5 Å². The molecule has 0 saturated heterocycles. The second-order valence-corrected chi connectivity index (χ2v) is 10.9. The number of carboxylic acid groups (broad SMARTS) is 1. The lowest BCUT2D eigenvalue weighted by Crippen LogP contribution is -2.37. The summed E-state index contributed by atoms with van der Waals surface area (Å²) in [5.74, 6) is -1.24. The molecule has 2 atom stereocenters. The van der Waals surface area contributed by atoms with Crippen molar-refractivity contribution in [3.63, 3.8) is 0 Å². The van der Waals surface area contributed by atoms with Gasteiger partial charge in [0.15, 0.2) is 11.5 Å². The Morgan fingerprint density at radius 3 is 2.05 bits per heavy atom. The third-order valence-corrected chi connectivity index (χ3v) is 7.08. The van der Waals surface area contributed by atoms with Crippen LogP contribution in [0.25, 0.3) is 0 Å². The van der Waals surface area contributed by atoms with Crippen molar-refractivity contribution in [2.24, 2.45) is 11.8 Å². The fraction of sp³-hybridized carbons (Fsp3) is 0.382. The Balaban J connectivity index is 1.62. The van der Waals surface area contributed by atoms with Crippen molar-refractivity contribution in [3.05, 3.63) is 89.5 Å². The normalized spacial score (nSPS) is 12.3. The molecule has 1 unspecified atom stereocenters. The molecule has 2 amide bonds. The number of carbonyl (C=O) groups is 3. The second-order valence-electron chi connectivity index (χ2n) is 10.9. The zero-order chi connectivity index (χ0) is 30.5. The molecule has 3 N–H and O–H groups in total. The molecule has 8 nitrogen and oxygen atoms in total. The predicted octanol–water partition coefficient (Wildman–Crippen LogP) is 6.20. The summed E-state index contributed by atoms with van der Waals surface area (Å²) in [5.41, 5.74) is 3.75. The molecule has 0 heterocycles. The largest absolute Gasteiger partial charge is 0.493 e. The maximum Gasteiger partial charge on any atom is 0.305 e. The smallest absolute Gasteiger partial charge is 0.305 e. The molecule has 3 aromatic rings. The van der Waals surface area contributed by atoms with Gasteiger partial charge in [-0.15, -0.1) is 0 Å². The molecule has 0 aliphatic heterocycles. The first kappa shape index (κ1) is 32.2. The van der Waals surface area contributed by atoms with Crippen molar-refractivity contribution >= 4 is 23.5 Å². The summed E-state index contributed by atoms with van der Waals surface area (Å²) < 4.78 is 10.6. The first-order chi connectivity index (χ1) is 20.2. The number of aliphatic carboxylic acids is 1. The third-order valence-electron chi connectivity index (χ3n) is 7.08. The average molecular weight is 575 g/mol. The summed E-state index contributed by atoms with van der Waals surface area (Å²) in [6.45, 7) is 3.97. The van der Waals surface area contributed by atoms with Gasteiger partial charge in [-0.3, -0.25) is 14.4 Å². The Bertz CT molecular complexity index is 1310. The number of methoxy groups -OCH3 is 2. The van der Waals surface area contributed by atoms with Gasteiger partial charge in [0, 0.05) is 18.0 Å². The van der Waals surface area contributed by atoms with Gasteiger partial charge < -0.3 is 25.2 Å². The van der Waals surface area contributed by atoms with Crippen LogP contribution in [0.5, 0.6) is 11.5 Å². The fourth-order valence-electron chi connectivity index (χ4n) is 4.97. The Kier molecular flexibility index (Phi) is 12.4. The first-order valence-corrected chi connectivity index (χ1v) is 14.3. The predicted molar refractivity (Wildman–Crippen MR) is 164 cm³/mol. The molecule has 0 fully saturated rings. The number of carboxylic acids is 1. The Morgan fingerprint density at radius 1 is 0.810 bits per heavy atom.